The highest BCUT2D eigenvalue weighted by atomic mass is 31.2. The van der Waals surface area contributed by atoms with Gasteiger partial charge in [-0.05, 0) is 82.1 Å². The van der Waals surface area contributed by atoms with Crippen molar-refractivity contribution in [2.45, 2.75) is 78.0 Å². The van der Waals surface area contributed by atoms with Gasteiger partial charge >= 0.3 is 0 Å². The maximum absolute atomic E-state index is 2.59. The predicted octanol–water partition coefficient (Wildman–Crippen LogP) is 6.93. The van der Waals surface area contributed by atoms with E-state index in [1.807, 2.05) is 0 Å². The Morgan fingerprint density at radius 1 is 0.533 bits per heavy atom. The quantitative estimate of drug-likeness (QED) is 0.373. The summed E-state index contributed by atoms with van der Waals surface area (Å²) in [6.45, 7) is 27.2. The molecule has 2 aromatic carbocycles. The van der Waals surface area contributed by atoms with Crippen LogP contribution in [0, 0.1) is 0 Å². The molecule has 0 heterocycles. The fourth-order valence-corrected chi connectivity index (χ4v) is 15.2. The van der Waals surface area contributed by atoms with Crippen molar-refractivity contribution in [1.29, 1.82) is 0 Å². The number of benzene rings is 2. The van der Waals surface area contributed by atoms with E-state index in [-0.39, 0.29) is 7.92 Å². The van der Waals surface area contributed by atoms with Crippen LogP contribution in [0.15, 0.2) is 48.5 Å². The first-order valence-electron chi connectivity index (χ1n) is 11.5. The molecule has 0 aliphatic carbocycles. The van der Waals surface area contributed by atoms with Gasteiger partial charge < -0.3 is 0 Å². The summed E-state index contributed by atoms with van der Waals surface area (Å²) in [5.41, 5.74) is 2.84. The van der Waals surface area contributed by atoms with Gasteiger partial charge in [-0.2, -0.15) is 0 Å². The summed E-state index contributed by atoms with van der Waals surface area (Å²) in [5, 5.41) is 6.59. The van der Waals surface area contributed by atoms with Gasteiger partial charge in [-0.25, -0.2) is 0 Å². The van der Waals surface area contributed by atoms with Gasteiger partial charge in [0.1, 0.15) is 10.6 Å². The molecule has 0 aromatic heterocycles. The summed E-state index contributed by atoms with van der Waals surface area (Å²) < 4.78 is 0. The average molecular weight is 463 g/mol. The summed E-state index contributed by atoms with van der Waals surface area (Å²) in [6.07, 6.45) is 0. The second kappa shape index (κ2) is 10.1. The van der Waals surface area contributed by atoms with Crippen molar-refractivity contribution < 1.29 is 0 Å². The first-order chi connectivity index (χ1) is 13.9. The molecular weight excluding hydrogens is 417 g/mol. The molecule has 2 aromatic rings. The van der Waals surface area contributed by atoms with Crippen molar-refractivity contribution >= 4 is 43.7 Å². The fourth-order valence-electron chi connectivity index (χ4n) is 4.75. The van der Waals surface area contributed by atoms with E-state index >= 15 is 0 Å². The average Bonchev–Trinajstić information content (AvgIpc) is 2.71. The van der Waals surface area contributed by atoms with Gasteiger partial charge in [0.05, 0.1) is 36.0 Å². The molecule has 0 saturated carbocycles. The summed E-state index contributed by atoms with van der Waals surface area (Å²) in [7, 11) is -2.88. The Morgan fingerprint density at radius 3 is 1.07 bits per heavy atom. The van der Waals surface area contributed by atoms with E-state index in [2.05, 4.69) is 124 Å². The van der Waals surface area contributed by atoms with Gasteiger partial charge in [0, 0.05) is 25.1 Å². The molecule has 0 fully saturated rings. The molecule has 0 aliphatic heterocycles. The van der Waals surface area contributed by atoms with E-state index in [0.29, 0.717) is 22.6 Å². The van der Waals surface area contributed by atoms with Gasteiger partial charge in [-0.3, -0.25) is 0 Å². The first-order valence-corrected chi connectivity index (χ1v) is 18.1. The molecule has 0 unspecified atom stereocenters. The van der Waals surface area contributed by atoms with Crippen LogP contribution in [0.25, 0.3) is 0 Å². The van der Waals surface area contributed by atoms with Gasteiger partial charge in [0.15, 0.2) is 0 Å². The molecule has 0 N–H and O–H groups in total. The lowest BCUT2D eigenvalue weighted by molar-refractivity contribution is 0.999. The number of rotatable bonds is 8. The highest BCUT2D eigenvalue weighted by Gasteiger charge is 2.46. The van der Waals surface area contributed by atoms with Crippen LogP contribution in [0.4, 0.5) is 0 Å². The lowest BCUT2D eigenvalue weighted by Gasteiger charge is -2.35. The zero-order chi connectivity index (χ0) is 22.9. The van der Waals surface area contributed by atoms with E-state index < -0.39 is 14.5 Å². The van der Waals surface area contributed by atoms with E-state index in [4.69, 9.17) is 0 Å². The molecule has 0 radical (unpaired) electrons. The number of hydrogen-bond acceptors (Lipinski definition) is 0. The van der Waals surface area contributed by atoms with Crippen LogP contribution < -0.4 is 21.2 Å². The Balaban J connectivity index is 2.73. The fraction of sp³-hybridized carbons (Fsp3) is 0.556. The standard InChI is InChI=1S/C27H45P3/c1-20(2)29(10,21(3)4)26-18-14-12-16-24(26)28(9)25-17-13-15-19-27(25)30(11,22(5)6)23(7)8/h12-23H,1-11H3/q+2. The third-order valence-corrected chi connectivity index (χ3v) is 21.8. The van der Waals surface area contributed by atoms with Crippen molar-refractivity contribution in [3.63, 3.8) is 0 Å². The summed E-state index contributed by atoms with van der Waals surface area (Å²) in [4.78, 5) is 0. The van der Waals surface area contributed by atoms with Crippen LogP contribution in [-0.2, 0) is 0 Å². The third kappa shape index (κ3) is 4.59. The third-order valence-electron chi connectivity index (χ3n) is 7.82. The normalized spacial score (nSPS) is 13.3. The molecular formula is C27H45P3+2. The monoisotopic (exact) mass is 462 g/mol. The summed E-state index contributed by atoms with van der Waals surface area (Å²) in [6, 6.07) is 18.9. The Morgan fingerprint density at radius 2 is 0.800 bits per heavy atom. The largest absolute Gasteiger partial charge is 0.102 e. The van der Waals surface area contributed by atoms with E-state index in [0.717, 1.165) is 0 Å². The van der Waals surface area contributed by atoms with Crippen LogP contribution in [0.5, 0.6) is 0 Å². The maximum Gasteiger partial charge on any atom is 0.102 e. The second-order valence-corrected chi connectivity index (χ2v) is 22.0. The molecule has 0 atom stereocenters. The van der Waals surface area contributed by atoms with Crippen molar-refractivity contribution in [3.05, 3.63) is 48.5 Å². The first kappa shape index (κ1) is 26.0. The van der Waals surface area contributed by atoms with Crippen LogP contribution >= 0.6 is 22.4 Å². The highest BCUT2D eigenvalue weighted by molar-refractivity contribution is 7.88. The highest BCUT2D eigenvalue weighted by Crippen LogP contribution is 2.64. The lowest BCUT2D eigenvalue weighted by Crippen LogP contribution is -2.39. The van der Waals surface area contributed by atoms with Crippen LogP contribution in [0.2, 0.25) is 0 Å². The molecule has 0 bridgehead atoms. The Kier molecular flexibility index (Phi) is 8.76. The molecule has 0 nitrogen and oxygen atoms in total. The molecule has 0 saturated heterocycles. The molecule has 0 aliphatic rings. The Labute approximate surface area is 190 Å². The van der Waals surface area contributed by atoms with Crippen LogP contribution in [0.1, 0.15) is 55.4 Å². The molecule has 0 spiro atoms. The predicted molar refractivity (Wildman–Crippen MR) is 150 cm³/mol. The Bertz CT molecular complexity index is 750. The molecule has 3 heteroatoms. The maximum atomic E-state index is 2.59. The Hall–Kier alpha value is -0.270. The van der Waals surface area contributed by atoms with Gasteiger partial charge in [-0.1, -0.05) is 36.4 Å². The van der Waals surface area contributed by atoms with Crippen LogP contribution in [-0.4, -0.2) is 42.6 Å². The smallest absolute Gasteiger partial charge is 0.0613 e. The topological polar surface area (TPSA) is 0 Å². The summed E-state index contributed by atoms with van der Waals surface area (Å²) in [5.74, 6) is 0. The van der Waals surface area contributed by atoms with Gasteiger partial charge in [0.2, 0.25) is 0 Å². The van der Waals surface area contributed by atoms with Gasteiger partial charge in [-0.15, -0.1) is 0 Å². The van der Waals surface area contributed by atoms with E-state index in [1.54, 1.807) is 21.2 Å². The number of hydrogen-bond donors (Lipinski definition) is 0. The lowest BCUT2D eigenvalue weighted by atomic mass is 10.4. The van der Waals surface area contributed by atoms with E-state index in [9.17, 15) is 0 Å². The van der Waals surface area contributed by atoms with Crippen molar-refractivity contribution in [1.82, 2.24) is 0 Å². The minimum absolute atomic E-state index is 0.384. The molecule has 166 valence electrons. The van der Waals surface area contributed by atoms with E-state index in [1.165, 1.54) is 0 Å². The minimum atomic E-state index is -1.25. The van der Waals surface area contributed by atoms with Crippen molar-refractivity contribution in [2.75, 3.05) is 20.0 Å². The SMILES string of the molecule is CC(C)[P+](C)(c1ccccc1P(C)c1ccccc1[P+](C)(C(C)C)C(C)C)C(C)C. The second-order valence-electron chi connectivity index (χ2n) is 10.2. The zero-order valence-electron chi connectivity index (χ0n) is 21.3. The molecule has 0 amide bonds. The molecule has 30 heavy (non-hydrogen) atoms. The van der Waals surface area contributed by atoms with Gasteiger partial charge in [0.25, 0.3) is 0 Å². The zero-order valence-corrected chi connectivity index (χ0v) is 24.0. The molecule has 2 rings (SSSR count). The summed E-state index contributed by atoms with van der Waals surface area (Å²) >= 11 is 0. The van der Waals surface area contributed by atoms with Crippen LogP contribution in [0.3, 0.4) is 0 Å². The van der Waals surface area contributed by atoms with Crippen molar-refractivity contribution in [2.24, 2.45) is 0 Å². The minimum Gasteiger partial charge on any atom is -0.0613 e. The van der Waals surface area contributed by atoms with Crippen molar-refractivity contribution in [3.8, 4) is 0 Å².